The Balaban J connectivity index is 2.07. The number of ether oxygens (including phenoxy) is 2. The highest BCUT2D eigenvalue weighted by Gasteiger charge is 2.27. The van der Waals surface area contributed by atoms with Gasteiger partial charge in [-0.15, -0.1) is 0 Å². The highest BCUT2D eigenvalue weighted by Crippen LogP contribution is 2.28. The van der Waals surface area contributed by atoms with E-state index in [9.17, 15) is 0 Å². The quantitative estimate of drug-likeness (QED) is 0.870. The fourth-order valence-electron chi connectivity index (χ4n) is 2.37. The van der Waals surface area contributed by atoms with Crippen LogP contribution in [0.2, 0.25) is 5.02 Å². The van der Waals surface area contributed by atoms with Gasteiger partial charge in [-0.25, -0.2) is 0 Å². The highest BCUT2D eigenvalue weighted by molar-refractivity contribution is 6.31. The van der Waals surface area contributed by atoms with Crippen molar-refractivity contribution in [3.05, 3.63) is 28.8 Å². The third-order valence-electron chi connectivity index (χ3n) is 3.61. The number of halogens is 1. The Labute approximate surface area is 120 Å². The van der Waals surface area contributed by atoms with Crippen molar-refractivity contribution in [2.75, 3.05) is 26.3 Å². The summed E-state index contributed by atoms with van der Waals surface area (Å²) in [7, 11) is 0. The molecule has 1 aromatic carbocycles. The molecule has 0 unspecified atom stereocenters. The van der Waals surface area contributed by atoms with E-state index in [0.29, 0.717) is 19.1 Å². The Bertz CT molecular complexity index is 405. The molecule has 1 aliphatic rings. The minimum absolute atomic E-state index is 0.0899. The fourth-order valence-corrected chi connectivity index (χ4v) is 2.54. The maximum atomic E-state index is 6.16. The van der Waals surface area contributed by atoms with Crippen molar-refractivity contribution < 1.29 is 9.47 Å². The van der Waals surface area contributed by atoms with E-state index in [4.69, 9.17) is 21.1 Å². The molecule has 4 heteroatoms. The van der Waals surface area contributed by atoms with E-state index in [1.54, 1.807) is 0 Å². The molecule has 0 bridgehead atoms. The Hall–Kier alpha value is -0.770. The summed E-state index contributed by atoms with van der Waals surface area (Å²) in [6.07, 6.45) is 1.23. The highest BCUT2D eigenvalue weighted by atomic mass is 35.5. The standard InChI is InChI=1S/C15H22ClNO2/c1-3-18-10-15(12-7-8-17-9-12)19-14-6-4-5-13(16)11(14)2/h4-6,12,15,17H,3,7-10H2,1-2H3/t12-,15+/m0/s1. The van der Waals surface area contributed by atoms with Gasteiger partial charge in [-0.3, -0.25) is 0 Å². The monoisotopic (exact) mass is 283 g/mol. The van der Waals surface area contributed by atoms with Crippen LogP contribution < -0.4 is 10.1 Å². The van der Waals surface area contributed by atoms with Crippen LogP contribution in [0, 0.1) is 12.8 Å². The normalized spacial score (nSPS) is 20.5. The summed E-state index contributed by atoms with van der Waals surface area (Å²) in [5.41, 5.74) is 0.997. The predicted octanol–water partition coefficient (Wildman–Crippen LogP) is 3.04. The van der Waals surface area contributed by atoms with E-state index in [1.165, 1.54) is 0 Å². The summed E-state index contributed by atoms with van der Waals surface area (Å²) in [5.74, 6) is 1.37. The van der Waals surface area contributed by atoms with Gasteiger partial charge in [0.2, 0.25) is 0 Å². The molecule has 3 nitrogen and oxygen atoms in total. The molecule has 1 aliphatic heterocycles. The smallest absolute Gasteiger partial charge is 0.126 e. The maximum absolute atomic E-state index is 6.16. The molecule has 0 aliphatic carbocycles. The van der Waals surface area contributed by atoms with Crippen LogP contribution in [0.3, 0.4) is 0 Å². The predicted molar refractivity (Wildman–Crippen MR) is 78.1 cm³/mol. The number of hydrogen-bond acceptors (Lipinski definition) is 3. The summed E-state index contributed by atoms with van der Waals surface area (Å²) in [6.45, 7) is 7.41. The van der Waals surface area contributed by atoms with E-state index in [0.717, 1.165) is 35.8 Å². The van der Waals surface area contributed by atoms with Crippen molar-refractivity contribution in [2.24, 2.45) is 5.92 Å². The Morgan fingerprint density at radius 3 is 3.00 bits per heavy atom. The third kappa shape index (κ3) is 3.85. The van der Waals surface area contributed by atoms with Crippen molar-refractivity contribution in [3.8, 4) is 5.75 Å². The van der Waals surface area contributed by atoms with Crippen molar-refractivity contribution in [1.82, 2.24) is 5.32 Å². The third-order valence-corrected chi connectivity index (χ3v) is 4.02. The SMILES string of the molecule is CCOC[C@@H](Oc1cccc(Cl)c1C)[C@H]1CCNC1. The van der Waals surface area contributed by atoms with Gasteiger partial charge < -0.3 is 14.8 Å². The zero-order valence-corrected chi connectivity index (χ0v) is 12.4. The van der Waals surface area contributed by atoms with Gasteiger partial charge in [0.25, 0.3) is 0 Å². The van der Waals surface area contributed by atoms with Gasteiger partial charge in [0.15, 0.2) is 0 Å². The van der Waals surface area contributed by atoms with Crippen molar-refractivity contribution in [1.29, 1.82) is 0 Å². The van der Waals surface area contributed by atoms with Crippen molar-refractivity contribution >= 4 is 11.6 Å². The maximum Gasteiger partial charge on any atom is 0.126 e. The molecule has 1 fully saturated rings. The summed E-state index contributed by atoms with van der Waals surface area (Å²) < 4.78 is 11.7. The minimum atomic E-state index is 0.0899. The molecule has 0 radical (unpaired) electrons. The lowest BCUT2D eigenvalue weighted by Gasteiger charge is -2.25. The second kappa shape index (κ2) is 7.13. The average molecular weight is 284 g/mol. The Kier molecular flexibility index (Phi) is 5.49. The van der Waals surface area contributed by atoms with Gasteiger partial charge in [0.05, 0.1) is 6.61 Å². The van der Waals surface area contributed by atoms with Crippen molar-refractivity contribution in [2.45, 2.75) is 26.4 Å². The molecule has 2 atom stereocenters. The van der Waals surface area contributed by atoms with Gasteiger partial charge in [0.1, 0.15) is 11.9 Å². The van der Waals surface area contributed by atoms with Gasteiger partial charge >= 0.3 is 0 Å². The largest absolute Gasteiger partial charge is 0.487 e. The average Bonchev–Trinajstić information content (AvgIpc) is 2.93. The zero-order valence-electron chi connectivity index (χ0n) is 11.6. The summed E-state index contributed by atoms with van der Waals surface area (Å²) in [4.78, 5) is 0. The number of benzene rings is 1. The molecule has 19 heavy (non-hydrogen) atoms. The second-order valence-electron chi connectivity index (χ2n) is 4.93. The number of rotatable bonds is 6. The van der Waals surface area contributed by atoms with Crippen LogP contribution in [0.5, 0.6) is 5.75 Å². The van der Waals surface area contributed by atoms with E-state index in [-0.39, 0.29) is 6.10 Å². The first kappa shape index (κ1) is 14.6. The molecule has 106 valence electrons. The van der Waals surface area contributed by atoms with Gasteiger partial charge in [-0.1, -0.05) is 17.7 Å². The Morgan fingerprint density at radius 2 is 2.32 bits per heavy atom. The lowest BCUT2D eigenvalue weighted by Crippen LogP contribution is -2.33. The van der Waals surface area contributed by atoms with Crippen LogP contribution in [0.15, 0.2) is 18.2 Å². The molecule has 2 rings (SSSR count). The first-order chi connectivity index (χ1) is 9.22. The fraction of sp³-hybridized carbons (Fsp3) is 0.600. The molecule has 0 amide bonds. The van der Waals surface area contributed by atoms with Crippen molar-refractivity contribution in [3.63, 3.8) is 0 Å². The van der Waals surface area contributed by atoms with Gasteiger partial charge in [0, 0.05) is 29.7 Å². The van der Waals surface area contributed by atoms with E-state index in [2.05, 4.69) is 5.32 Å². The molecule has 0 saturated carbocycles. The van der Waals surface area contributed by atoms with Gasteiger partial charge in [-0.2, -0.15) is 0 Å². The minimum Gasteiger partial charge on any atom is -0.487 e. The van der Waals surface area contributed by atoms with Crippen LogP contribution in [0.4, 0.5) is 0 Å². The van der Waals surface area contributed by atoms with Crippen LogP contribution in [-0.4, -0.2) is 32.4 Å². The van der Waals surface area contributed by atoms with Crippen LogP contribution in [-0.2, 0) is 4.74 Å². The van der Waals surface area contributed by atoms with Crippen LogP contribution in [0.25, 0.3) is 0 Å². The first-order valence-corrected chi connectivity index (χ1v) is 7.30. The molecule has 1 heterocycles. The number of nitrogens with one attached hydrogen (secondary N) is 1. The molecule has 0 aromatic heterocycles. The van der Waals surface area contributed by atoms with E-state index < -0.39 is 0 Å². The molecule has 1 saturated heterocycles. The summed E-state index contributed by atoms with van der Waals surface area (Å²) in [5, 5.41) is 4.13. The Morgan fingerprint density at radius 1 is 1.47 bits per heavy atom. The summed E-state index contributed by atoms with van der Waals surface area (Å²) in [6, 6.07) is 5.79. The molecule has 1 N–H and O–H groups in total. The topological polar surface area (TPSA) is 30.5 Å². The number of hydrogen-bond donors (Lipinski definition) is 1. The molecular formula is C15H22ClNO2. The molecular weight excluding hydrogens is 262 g/mol. The lowest BCUT2D eigenvalue weighted by atomic mass is 10.0. The lowest BCUT2D eigenvalue weighted by molar-refractivity contribution is 0.0288. The zero-order chi connectivity index (χ0) is 13.7. The van der Waals surface area contributed by atoms with E-state index >= 15 is 0 Å². The van der Waals surface area contributed by atoms with E-state index in [1.807, 2.05) is 32.0 Å². The first-order valence-electron chi connectivity index (χ1n) is 6.92. The second-order valence-corrected chi connectivity index (χ2v) is 5.34. The van der Waals surface area contributed by atoms with Gasteiger partial charge in [-0.05, 0) is 38.9 Å². The molecule has 1 aromatic rings. The summed E-state index contributed by atoms with van der Waals surface area (Å²) >= 11 is 6.14. The van der Waals surface area contributed by atoms with Crippen LogP contribution >= 0.6 is 11.6 Å². The molecule has 0 spiro atoms. The van der Waals surface area contributed by atoms with Crippen LogP contribution in [0.1, 0.15) is 18.9 Å².